The Balaban J connectivity index is 1.48. The maximum atomic E-state index is 12.9. The van der Waals surface area contributed by atoms with Gasteiger partial charge in [-0.05, 0) is 73.4 Å². The van der Waals surface area contributed by atoms with Gasteiger partial charge in [-0.3, -0.25) is 9.59 Å². The lowest BCUT2D eigenvalue weighted by atomic mass is 9.86. The zero-order chi connectivity index (χ0) is 23.5. The van der Waals surface area contributed by atoms with Crippen molar-refractivity contribution in [2.45, 2.75) is 65.8 Å². The maximum absolute atomic E-state index is 12.9. The van der Waals surface area contributed by atoms with E-state index in [0.29, 0.717) is 13.1 Å². The van der Waals surface area contributed by atoms with Crippen LogP contribution in [0.3, 0.4) is 0 Å². The Morgan fingerprint density at radius 1 is 0.969 bits per heavy atom. The predicted octanol–water partition coefficient (Wildman–Crippen LogP) is 4.71. The molecule has 1 aliphatic heterocycles. The van der Waals surface area contributed by atoms with E-state index in [0.717, 1.165) is 40.8 Å². The molecule has 172 valence electrons. The summed E-state index contributed by atoms with van der Waals surface area (Å²) in [6.45, 7) is 13.8. The number of likely N-dealkylation sites (tertiary alicyclic amines) is 1. The second-order valence-corrected chi connectivity index (χ2v) is 9.90. The zero-order valence-corrected chi connectivity index (χ0v) is 20.2. The van der Waals surface area contributed by atoms with E-state index in [1.807, 2.05) is 56.0 Å². The first kappa shape index (κ1) is 23.8. The Labute approximate surface area is 192 Å². The summed E-state index contributed by atoms with van der Waals surface area (Å²) in [5.74, 6) is 0.731. The first-order chi connectivity index (χ1) is 15.1. The summed E-state index contributed by atoms with van der Waals surface area (Å²) >= 11 is 0. The highest BCUT2D eigenvalue weighted by atomic mass is 16.5. The van der Waals surface area contributed by atoms with E-state index in [1.54, 1.807) is 0 Å². The Morgan fingerprint density at radius 3 is 2.16 bits per heavy atom. The number of rotatable bonds is 5. The highest BCUT2D eigenvalue weighted by molar-refractivity contribution is 5.94. The minimum Gasteiger partial charge on any atom is -0.483 e. The summed E-state index contributed by atoms with van der Waals surface area (Å²) < 4.78 is 5.83. The van der Waals surface area contributed by atoms with Crippen molar-refractivity contribution in [3.8, 4) is 5.75 Å². The number of carbonyl (C=O) groups is 2. The van der Waals surface area contributed by atoms with Crippen LogP contribution < -0.4 is 10.1 Å². The number of aryl methyl sites for hydroxylation is 2. The van der Waals surface area contributed by atoms with Crippen molar-refractivity contribution < 1.29 is 14.3 Å². The molecule has 1 N–H and O–H groups in total. The second-order valence-electron chi connectivity index (χ2n) is 9.90. The zero-order valence-electron chi connectivity index (χ0n) is 20.2. The van der Waals surface area contributed by atoms with Crippen molar-refractivity contribution in [2.75, 3.05) is 19.7 Å². The predicted molar refractivity (Wildman–Crippen MR) is 128 cm³/mol. The number of piperidine rings is 1. The van der Waals surface area contributed by atoms with E-state index in [1.165, 1.54) is 5.56 Å². The van der Waals surface area contributed by atoms with Crippen LogP contribution in [0.4, 0.5) is 0 Å². The summed E-state index contributed by atoms with van der Waals surface area (Å²) in [7, 11) is 0. The number of hydrogen-bond acceptors (Lipinski definition) is 3. The van der Waals surface area contributed by atoms with Crippen molar-refractivity contribution in [3.05, 3.63) is 64.2 Å². The van der Waals surface area contributed by atoms with Gasteiger partial charge in [0.05, 0.1) is 0 Å². The molecule has 1 heterocycles. The monoisotopic (exact) mass is 436 g/mol. The molecule has 0 radical (unpaired) electrons. The van der Waals surface area contributed by atoms with Gasteiger partial charge in [-0.15, -0.1) is 0 Å². The number of hydrogen-bond donors (Lipinski definition) is 1. The molecular weight excluding hydrogens is 400 g/mol. The van der Waals surface area contributed by atoms with Crippen LogP contribution in [0, 0.1) is 20.8 Å². The van der Waals surface area contributed by atoms with Crippen molar-refractivity contribution in [1.82, 2.24) is 10.2 Å². The van der Waals surface area contributed by atoms with Crippen LogP contribution in [0.15, 0.2) is 36.4 Å². The third-order valence-electron chi connectivity index (χ3n) is 6.37. The number of nitrogens with zero attached hydrogens (tertiary/aromatic N) is 1. The Kier molecular flexibility index (Phi) is 7.27. The van der Waals surface area contributed by atoms with Crippen LogP contribution in [0.5, 0.6) is 5.75 Å². The summed E-state index contributed by atoms with van der Waals surface area (Å²) in [5.41, 5.74) is 5.25. The van der Waals surface area contributed by atoms with Gasteiger partial charge in [0.1, 0.15) is 5.75 Å². The van der Waals surface area contributed by atoms with Crippen LogP contribution in [-0.2, 0) is 10.2 Å². The van der Waals surface area contributed by atoms with E-state index in [-0.39, 0.29) is 29.9 Å². The third-order valence-corrected chi connectivity index (χ3v) is 6.37. The average Bonchev–Trinajstić information content (AvgIpc) is 2.76. The fraction of sp³-hybridized carbons (Fsp3) is 0.481. The van der Waals surface area contributed by atoms with E-state index in [2.05, 4.69) is 32.2 Å². The molecule has 1 fully saturated rings. The van der Waals surface area contributed by atoms with E-state index >= 15 is 0 Å². The molecule has 32 heavy (non-hydrogen) atoms. The maximum Gasteiger partial charge on any atom is 0.258 e. The van der Waals surface area contributed by atoms with Crippen LogP contribution in [0.2, 0.25) is 0 Å². The van der Waals surface area contributed by atoms with E-state index < -0.39 is 0 Å². The van der Waals surface area contributed by atoms with Crippen molar-refractivity contribution >= 4 is 11.8 Å². The Morgan fingerprint density at radius 2 is 1.56 bits per heavy atom. The van der Waals surface area contributed by atoms with Gasteiger partial charge in [-0.1, -0.05) is 45.0 Å². The smallest absolute Gasteiger partial charge is 0.258 e. The molecule has 0 unspecified atom stereocenters. The van der Waals surface area contributed by atoms with Crippen LogP contribution in [0.25, 0.3) is 0 Å². The average molecular weight is 437 g/mol. The highest BCUT2D eigenvalue weighted by Crippen LogP contribution is 2.26. The molecule has 0 spiro atoms. The fourth-order valence-corrected chi connectivity index (χ4v) is 4.08. The van der Waals surface area contributed by atoms with Crippen molar-refractivity contribution in [1.29, 1.82) is 0 Å². The van der Waals surface area contributed by atoms with Gasteiger partial charge in [0.25, 0.3) is 11.8 Å². The van der Waals surface area contributed by atoms with Gasteiger partial charge >= 0.3 is 0 Å². The number of nitrogens with one attached hydrogen (secondary N) is 1. The number of ether oxygens (including phenoxy) is 1. The van der Waals surface area contributed by atoms with Crippen LogP contribution in [0.1, 0.15) is 66.2 Å². The first-order valence-corrected chi connectivity index (χ1v) is 11.4. The topological polar surface area (TPSA) is 58.6 Å². The van der Waals surface area contributed by atoms with Gasteiger partial charge in [0, 0.05) is 24.7 Å². The molecule has 2 aromatic carbocycles. The normalized spacial score (nSPS) is 14.9. The number of benzene rings is 2. The summed E-state index contributed by atoms with van der Waals surface area (Å²) in [4.78, 5) is 27.2. The molecule has 0 aliphatic carbocycles. The summed E-state index contributed by atoms with van der Waals surface area (Å²) in [6.07, 6.45) is 1.50. The minimum absolute atomic E-state index is 0.00437. The van der Waals surface area contributed by atoms with E-state index in [4.69, 9.17) is 4.74 Å². The molecule has 0 atom stereocenters. The van der Waals surface area contributed by atoms with Gasteiger partial charge in [-0.25, -0.2) is 0 Å². The van der Waals surface area contributed by atoms with E-state index in [9.17, 15) is 9.59 Å². The van der Waals surface area contributed by atoms with Gasteiger partial charge in [0.15, 0.2) is 6.61 Å². The van der Waals surface area contributed by atoms with Crippen molar-refractivity contribution in [2.24, 2.45) is 0 Å². The number of carbonyl (C=O) groups excluding carboxylic acids is 2. The lowest BCUT2D eigenvalue weighted by Crippen LogP contribution is -2.47. The molecule has 1 saturated heterocycles. The third kappa shape index (κ3) is 5.70. The lowest BCUT2D eigenvalue weighted by Gasteiger charge is -2.32. The van der Waals surface area contributed by atoms with Crippen LogP contribution in [-0.4, -0.2) is 42.5 Å². The summed E-state index contributed by atoms with van der Waals surface area (Å²) in [6, 6.07) is 12.1. The molecule has 5 heteroatoms. The van der Waals surface area contributed by atoms with Gasteiger partial charge in [-0.2, -0.15) is 0 Å². The molecule has 0 bridgehead atoms. The molecule has 0 saturated carbocycles. The summed E-state index contributed by atoms with van der Waals surface area (Å²) in [5, 5.41) is 3.06. The highest BCUT2D eigenvalue weighted by Gasteiger charge is 2.25. The van der Waals surface area contributed by atoms with Gasteiger partial charge < -0.3 is 15.0 Å². The molecule has 0 aromatic heterocycles. The largest absolute Gasteiger partial charge is 0.483 e. The Hall–Kier alpha value is -2.82. The molecular formula is C27H36N2O3. The first-order valence-electron chi connectivity index (χ1n) is 11.4. The lowest BCUT2D eigenvalue weighted by molar-refractivity contribution is -0.124. The molecule has 2 amide bonds. The SMILES string of the molecule is Cc1ccc(C)c(OCC(=O)NC2CCN(C(=O)c3ccc(C(C)(C)C)cc3)CC2)c1C. The second kappa shape index (κ2) is 9.76. The van der Waals surface area contributed by atoms with Gasteiger partial charge in [0.2, 0.25) is 0 Å². The minimum atomic E-state index is -0.118. The quantitative estimate of drug-likeness (QED) is 0.739. The Bertz CT molecular complexity index is 966. The molecule has 5 nitrogen and oxygen atoms in total. The molecule has 3 rings (SSSR count). The standard InChI is InChI=1S/C27H36N2O3/c1-18-7-8-19(2)25(20(18)3)32-17-24(30)28-23-13-15-29(16-14-23)26(31)21-9-11-22(12-10-21)27(4,5)6/h7-12,23H,13-17H2,1-6H3,(H,28,30). The fourth-order valence-electron chi connectivity index (χ4n) is 4.08. The number of amides is 2. The van der Waals surface area contributed by atoms with Crippen molar-refractivity contribution in [3.63, 3.8) is 0 Å². The van der Waals surface area contributed by atoms with Crippen LogP contribution >= 0.6 is 0 Å². The molecule has 2 aromatic rings. The molecule has 1 aliphatic rings.